The number of hydrogen-bond acceptors (Lipinski definition) is 55. The Morgan fingerprint density at radius 2 is 0.728 bits per heavy atom. The number of nitrogens with zero attached hydrogens (tertiary/aromatic N) is 4. The Balaban J connectivity index is 0. The summed E-state index contributed by atoms with van der Waals surface area (Å²) >= 11 is 0. The van der Waals surface area contributed by atoms with Crippen LogP contribution in [-0.4, -0.2) is 572 Å². The van der Waals surface area contributed by atoms with Crippen LogP contribution in [0.1, 0.15) is 25.7 Å². The number of carbonyl (C=O) groups is 5. The van der Waals surface area contributed by atoms with Gasteiger partial charge in [-0.3, -0.25) is 57.8 Å². The molecule has 125 heavy (non-hydrogen) atoms. The first-order valence-electron chi connectivity index (χ1n) is 37.7. The molecule has 0 aliphatic heterocycles. The van der Waals surface area contributed by atoms with E-state index in [-0.39, 0.29) is 52.9 Å². The Kier molecular flexibility index (Phi) is 64.2. The maximum absolute atomic E-state index is 14.2. The van der Waals surface area contributed by atoms with Gasteiger partial charge in [-0.15, -0.1) is 0 Å². The normalized spacial score (nSPS) is 20.5. The summed E-state index contributed by atoms with van der Waals surface area (Å²) in [5.74, 6) is -5.12. The maximum Gasteiger partial charge on any atom is 3.00 e. The standard InChI is InChI=1S/C63H130N11O49P.Gd/c75-11-34(84)49(99)55(105)40(90)17-121-65-21-63(22-66-122-18-41(91)56(106)50(100)35(85)12-76,23-67-123-19-42(92)57(107)51(101)36(86)13-77)20-64-43(93)5-33(61(111)112)73(10-45(94)95)3-1-71(27-124(116,117)118)2-4-74(26-119-28-82)44(120-29-83)9-72(25-81)24-62(6-30(68-113)46(96)58(108)52(102)37(87)14-78,7-31(69-114)47(97)59(109)53(103)38(88)15-79)8-32(70-115)48(98)60(110)54(104)39(89)16-80;/h28-42,44,46-60,65-70,75-81,84-92,96-110,113-115H,1-27H2,(H,64,93)(H,94,95)(H,111,112)(H2,116,117,118);/q;+3. The van der Waals surface area contributed by atoms with Crippen molar-refractivity contribution < 1.29 is 286 Å². The second kappa shape index (κ2) is 64.7. The summed E-state index contributed by atoms with van der Waals surface area (Å²) < 4.78 is 23.2. The fourth-order valence-corrected chi connectivity index (χ4v) is 13.2. The molecule has 0 heterocycles. The Morgan fingerprint density at radius 3 is 1.01 bits per heavy atom. The van der Waals surface area contributed by atoms with Gasteiger partial charge in [-0.2, -0.15) is 16.4 Å². The van der Waals surface area contributed by atoms with E-state index in [9.17, 15) is 222 Å². The van der Waals surface area contributed by atoms with Crippen molar-refractivity contribution in [2.45, 2.75) is 203 Å². The molecule has 0 saturated heterocycles. The molecule has 0 spiro atoms. The third-order valence-electron chi connectivity index (χ3n) is 19.9. The fourth-order valence-electron chi connectivity index (χ4n) is 12.4. The van der Waals surface area contributed by atoms with Gasteiger partial charge in [0.1, 0.15) is 166 Å². The van der Waals surface area contributed by atoms with Gasteiger partial charge in [0.15, 0.2) is 6.23 Å². The first-order chi connectivity index (χ1) is 58.1. The number of carbonyl (C=O) groups excluding carboxylic acids is 3. The van der Waals surface area contributed by atoms with E-state index < -0.39 is 390 Å². The summed E-state index contributed by atoms with van der Waals surface area (Å²) in [4.78, 5) is 104. The molecule has 0 bridgehead atoms. The molecule has 60 nitrogen and oxygen atoms in total. The number of aliphatic hydroxyl groups is 31. The Bertz CT molecular complexity index is 2740. The number of aliphatic hydroxyl groups excluding tert-OH is 31. The van der Waals surface area contributed by atoms with E-state index in [2.05, 4.69) is 21.8 Å². The largest absolute Gasteiger partial charge is 3.00 e. The van der Waals surface area contributed by atoms with Gasteiger partial charge in [-0.05, 0) is 24.7 Å². The maximum atomic E-state index is 14.2. The van der Waals surface area contributed by atoms with Crippen LogP contribution in [0.15, 0.2) is 0 Å². The quantitative estimate of drug-likeness (QED) is 0.00884. The van der Waals surface area contributed by atoms with Crippen molar-refractivity contribution in [2.75, 3.05) is 151 Å². The number of ether oxygens (including phenoxy) is 2. The average Bonchev–Trinajstić information content (AvgIpc) is 0.794. The minimum Gasteiger partial charge on any atom is -0.480 e. The summed E-state index contributed by atoms with van der Waals surface area (Å²) in [6.45, 7) is -23.1. The molecule has 0 fully saturated rings. The van der Waals surface area contributed by atoms with E-state index in [1.54, 1.807) is 16.4 Å². The summed E-state index contributed by atoms with van der Waals surface area (Å²) in [6.07, 6.45) is -63.8. The molecule has 0 aromatic heterocycles. The topological polar surface area (TPSA) is 1010 Å². The van der Waals surface area contributed by atoms with Crippen molar-refractivity contribution in [3.05, 3.63) is 0 Å². The number of hydrogen-bond donors (Lipinski definition) is 45. The summed E-state index contributed by atoms with van der Waals surface area (Å²) in [5, 5.41) is 376. The number of nitrogens with one attached hydrogen (secondary N) is 7. The predicted octanol–water partition coefficient (Wildman–Crippen LogP) is -24.7. The second-order valence-electron chi connectivity index (χ2n) is 29.4. The van der Waals surface area contributed by atoms with Crippen molar-refractivity contribution in [1.29, 1.82) is 0 Å². The molecular formula is C63H130GdN11O49P+3. The number of carboxylic acid groups (broad SMARTS) is 2. The molecule has 29 atom stereocenters. The van der Waals surface area contributed by atoms with Crippen LogP contribution in [0.25, 0.3) is 0 Å². The smallest absolute Gasteiger partial charge is 0.480 e. The van der Waals surface area contributed by atoms with E-state index in [1.165, 1.54) is 0 Å². The van der Waals surface area contributed by atoms with Crippen molar-refractivity contribution in [1.82, 2.24) is 57.8 Å². The van der Waals surface area contributed by atoms with Crippen LogP contribution in [0, 0.1) is 50.8 Å². The van der Waals surface area contributed by atoms with E-state index in [0.717, 1.165) is 14.7 Å². The number of carboxylic acids is 2. The number of aliphatic carboxylic acids is 2. The zero-order valence-electron chi connectivity index (χ0n) is 67.1. The average molecular weight is 2010 g/mol. The monoisotopic (exact) mass is 2010 g/mol. The zero-order valence-corrected chi connectivity index (χ0v) is 70.2. The molecule has 741 valence electrons. The van der Waals surface area contributed by atoms with E-state index in [0.29, 0.717) is 4.90 Å². The third kappa shape index (κ3) is 44.1. The molecular weight excluding hydrogens is 1880 g/mol. The van der Waals surface area contributed by atoms with Gasteiger partial charge in [0.25, 0.3) is 12.9 Å². The predicted molar refractivity (Wildman–Crippen MR) is 398 cm³/mol. The van der Waals surface area contributed by atoms with Crippen LogP contribution in [-0.2, 0) is 52.5 Å². The van der Waals surface area contributed by atoms with Crippen LogP contribution < -0.4 is 38.2 Å². The van der Waals surface area contributed by atoms with Crippen molar-refractivity contribution in [3.8, 4) is 0 Å². The van der Waals surface area contributed by atoms with Crippen molar-refractivity contribution in [2.24, 2.45) is 10.8 Å². The molecule has 62 heteroatoms. The minimum atomic E-state index is -5.38. The van der Waals surface area contributed by atoms with Gasteiger partial charge in [-0.25, -0.2) is 21.3 Å². The molecule has 0 rings (SSSR count). The summed E-state index contributed by atoms with van der Waals surface area (Å²) in [7, 11) is -5.38. The SMILES string of the molecule is O=COCN(CCN(CCN(CC(=O)O)C(CC(=O)NCC(CNOCC(O)C(O)C(O)C(O)CO)(CNOCC(O)C(O)C(O)C(O)CO)CNOCC(O)C(O)C(O)C(O)CO)C(=O)O)CP(=O)(O)O)C(CN(CO)CC(CC(NO)C(O)C(O)C(O)C(O)CO)(CC(NO)C(O)C(O)C(O)C(O)CO)CC(NO)C(O)C(O)C(O)C(O)CO)OC=O.[Gd+3]. The molecule has 1 radical (unpaired) electrons. The third-order valence-corrected chi connectivity index (χ3v) is 20.7. The zero-order chi connectivity index (χ0) is 95.3. The van der Waals surface area contributed by atoms with Crippen LogP contribution in [0.4, 0.5) is 0 Å². The Labute approximate surface area is 743 Å². The number of rotatable bonds is 78. The van der Waals surface area contributed by atoms with Gasteiger partial charge in [0.2, 0.25) is 5.91 Å². The first kappa shape index (κ1) is 124. The Morgan fingerprint density at radius 1 is 0.408 bits per heavy atom. The van der Waals surface area contributed by atoms with Crippen LogP contribution >= 0.6 is 7.60 Å². The van der Waals surface area contributed by atoms with E-state index in [4.69, 9.17) is 24.0 Å². The molecule has 45 N–H and O–H groups in total. The van der Waals surface area contributed by atoms with Crippen molar-refractivity contribution >= 4 is 38.4 Å². The Hall–Kier alpha value is -3.06. The molecule has 29 unspecified atom stereocenters. The molecule has 0 aromatic carbocycles. The van der Waals surface area contributed by atoms with Gasteiger partial charge in [0.05, 0.1) is 104 Å². The van der Waals surface area contributed by atoms with Gasteiger partial charge >= 0.3 is 59.5 Å². The van der Waals surface area contributed by atoms with Gasteiger partial charge < -0.3 is 209 Å². The molecule has 0 aliphatic carbocycles. The first-order valence-corrected chi connectivity index (χ1v) is 39.5. The molecule has 0 aliphatic rings. The number of amides is 1. The second-order valence-corrected chi connectivity index (χ2v) is 31.1. The van der Waals surface area contributed by atoms with E-state index in [1.807, 2.05) is 0 Å². The minimum absolute atomic E-state index is 0. The molecule has 0 saturated carbocycles. The summed E-state index contributed by atoms with van der Waals surface area (Å²) in [6, 6.07) is -9.05. The van der Waals surface area contributed by atoms with Crippen LogP contribution in [0.2, 0.25) is 0 Å². The van der Waals surface area contributed by atoms with Gasteiger partial charge in [0, 0.05) is 64.3 Å². The molecule has 0 aromatic rings. The number of hydroxylamine groups is 6. The van der Waals surface area contributed by atoms with Crippen LogP contribution in [0.3, 0.4) is 0 Å². The molecule has 1 amide bonds. The fraction of sp³-hybridized carbons (Fsp3) is 0.921. The van der Waals surface area contributed by atoms with Crippen molar-refractivity contribution in [3.63, 3.8) is 0 Å². The van der Waals surface area contributed by atoms with Gasteiger partial charge in [-0.1, -0.05) is 0 Å². The van der Waals surface area contributed by atoms with E-state index >= 15 is 0 Å². The van der Waals surface area contributed by atoms with Crippen LogP contribution in [0.5, 0.6) is 0 Å². The summed E-state index contributed by atoms with van der Waals surface area (Å²) in [5.41, 5.74) is 7.20.